The summed E-state index contributed by atoms with van der Waals surface area (Å²) in [7, 11) is 0. The van der Waals surface area contributed by atoms with Crippen LogP contribution in [0.2, 0.25) is 0 Å². The molecular formula is C9H4NS. The fourth-order valence-corrected chi connectivity index (χ4v) is 1.82. The highest BCUT2D eigenvalue weighted by molar-refractivity contribution is 7.17. The Morgan fingerprint density at radius 2 is 2.36 bits per heavy atom. The lowest BCUT2D eigenvalue weighted by Gasteiger charge is -1.88. The van der Waals surface area contributed by atoms with Crippen LogP contribution < -0.4 is 0 Å². The van der Waals surface area contributed by atoms with Crippen LogP contribution in [-0.2, 0) is 0 Å². The maximum atomic E-state index is 8.68. The van der Waals surface area contributed by atoms with Crippen molar-refractivity contribution in [2.45, 2.75) is 0 Å². The van der Waals surface area contributed by atoms with Gasteiger partial charge in [-0.1, -0.05) is 6.07 Å². The van der Waals surface area contributed by atoms with E-state index < -0.39 is 0 Å². The molecule has 2 aromatic rings. The van der Waals surface area contributed by atoms with Crippen molar-refractivity contribution in [3.63, 3.8) is 0 Å². The maximum absolute atomic E-state index is 8.68. The van der Waals surface area contributed by atoms with Crippen molar-refractivity contribution in [2.24, 2.45) is 0 Å². The van der Waals surface area contributed by atoms with E-state index in [-0.39, 0.29) is 0 Å². The lowest BCUT2D eigenvalue weighted by atomic mass is 10.1. The van der Waals surface area contributed by atoms with Gasteiger partial charge in [-0.05, 0) is 17.5 Å². The highest BCUT2D eigenvalue weighted by Crippen LogP contribution is 2.22. The van der Waals surface area contributed by atoms with Crippen molar-refractivity contribution < 1.29 is 0 Å². The molecule has 2 rings (SSSR count). The SMILES string of the molecule is N#Cc1[c]ccc2sccc12. The third kappa shape index (κ3) is 0.903. The summed E-state index contributed by atoms with van der Waals surface area (Å²) in [6.07, 6.45) is 0. The van der Waals surface area contributed by atoms with E-state index in [4.69, 9.17) is 5.26 Å². The van der Waals surface area contributed by atoms with Crippen LogP contribution in [0.5, 0.6) is 0 Å². The second kappa shape index (κ2) is 2.37. The predicted molar refractivity (Wildman–Crippen MR) is 45.4 cm³/mol. The Balaban J connectivity index is 2.92. The van der Waals surface area contributed by atoms with Crippen molar-refractivity contribution >= 4 is 21.4 Å². The Morgan fingerprint density at radius 3 is 3.18 bits per heavy atom. The molecular weight excluding hydrogens is 154 g/mol. The molecule has 1 radical (unpaired) electrons. The van der Waals surface area contributed by atoms with Gasteiger partial charge >= 0.3 is 0 Å². The molecule has 1 nitrogen and oxygen atoms in total. The first-order valence-corrected chi connectivity index (χ1v) is 4.08. The summed E-state index contributed by atoms with van der Waals surface area (Å²) < 4.78 is 1.15. The highest BCUT2D eigenvalue weighted by atomic mass is 32.1. The molecule has 0 aliphatic heterocycles. The number of rotatable bonds is 0. The number of nitrogens with zero attached hydrogens (tertiary/aromatic N) is 1. The second-order valence-electron chi connectivity index (χ2n) is 2.16. The largest absolute Gasteiger partial charge is 0.192 e. The minimum atomic E-state index is 0.642. The van der Waals surface area contributed by atoms with Gasteiger partial charge in [-0.3, -0.25) is 0 Å². The predicted octanol–water partition coefficient (Wildman–Crippen LogP) is 2.57. The number of hydrogen-bond acceptors (Lipinski definition) is 2. The molecule has 0 aliphatic carbocycles. The van der Waals surface area contributed by atoms with Gasteiger partial charge < -0.3 is 0 Å². The van der Waals surface area contributed by atoms with E-state index >= 15 is 0 Å². The van der Waals surface area contributed by atoms with Gasteiger partial charge in [-0.25, -0.2) is 0 Å². The lowest BCUT2D eigenvalue weighted by Crippen LogP contribution is -1.72. The summed E-state index contributed by atoms with van der Waals surface area (Å²) in [6.45, 7) is 0. The first-order chi connectivity index (χ1) is 5.42. The normalized spacial score (nSPS) is 9.73. The highest BCUT2D eigenvalue weighted by Gasteiger charge is 1.98. The minimum absolute atomic E-state index is 0.642. The lowest BCUT2D eigenvalue weighted by molar-refractivity contribution is 1.50. The van der Waals surface area contributed by atoms with E-state index in [1.54, 1.807) is 17.4 Å². The van der Waals surface area contributed by atoms with E-state index in [1.165, 1.54) is 0 Å². The molecule has 1 aromatic heterocycles. The average molecular weight is 158 g/mol. The van der Waals surface area contributed by atoms with E-state index in [2.05, 4.69) is 12.1 Å². The van der Waals surface area contributed by atoms with Crippen LogP contribution in [0.1, 0.15) is 5.56 Å². The van der Waals surface area contributed by atoms with Gasteiger partial charge in [0.15, 0.2) is 0 Å². The second-order valence-corrected chi connectivity index (χ2v) is 3.11. The summed E-state index contributed by atoms with van der Waals surface area (Å²) in [5, 5.41) is 11.7. The molecule has 0 N–H and O–H groups in total. The molecule has 0 saturated carbocycles. The molecule has 0 atom stereocenters. The molecule has 1 heterocycles. The number of thiophene rings is 1. The minimum Gasteiger partial charge on any atom is -0.192 e. The first kappa shape index (κ1) is 6.38. The Kier molecular flexibility index (Phi) is 1.38. The number of hydrogen-bond donors (Lipinski definition) is 0. The summed E-state index contributed by atoms with van der Waals surface area (Å²) in [4.78, 5) is 0. The Hall–Kier alpha value is -1.33. The van der Waals surface area contributed by atoms with Crippen LogP contribution in [0.25, 0.3) is 10.1 Å². The smallest absolute Gasteiger partial charge is 0.100 e. The molecule has 0 bridgehead atoms. The molecule has 2 heteroatoms. The van der Waals surface area contributed by atoms with Crippen molar-refractivity contribution in [1.82, 2.24) is 0 Å². The third-order valence-corrected chi connectivity index (χ3v) is 2.42. The fraction of sp³-hybridized carbons (Fsp3) is 0. The maximum Gasteiger partial charge on any atom is 0.100 e. The summed E-state index contributed by atoms with van der Waals surface area (Å²) in [5.74, 6) is 0. The molecule has 0 fully saturated rings. The van der Waals surface area contributed by atoms with Gasteiger partial charge in [-0.2, -0.15) is 5.26 Å². The van der Waals surface area contributed by atoms with Gasteiger partial charge in [0.25, 0.3) is 0 Å². The molecule has 51 valence electrons. The Bertz CT molecular complexity index is 422. The number of benzene rings is 1. The summed E-state index contributed by atoms with van der Waals surface area (Å²) in [5.41, 5.74) is 0.642. The van der Waals surface area contributed by atoms with Crippen molar-refractivity contribution in [2.75, 3.05) is 0 Å². The van der Waals surface area contributed by atoms with Gasteiger partial charge in [0.1, 0.15) is 6.07 Å². The molecule has 0 amide bonds. The van der Waals surface area contributed by atoms with Crippen LogP contribution in [0, 0.1) is 17.4 Å². The third-order valence-electron chi connectivity index (χ3n) is 1.54. The van der Waals surface area contributed by atoms with Gasteiger partial charge in [0.05, 0.1) is 5.56 Å². The van der Waals surface area contributed by atoms with Crippen LogP contribution in [-0.4, -0.2) is 0 Å². The zero-order chi connectivity index (χ0) is 7.68. The molecule has 1 aromatic carbocycles. The average Bonchev–Trinajstić information content (AvgIpc) is 2.50. The fourth-order valence-electron chi connectivity index (χ4n) is 1.03. The van der Waals surface area contributed by atoms with E-state index in [9.17, 15) is 0 Å². The number of fused-ring (bicyclic) bond motifs is 1. The van der Waals surface area contributed by atoms with Gasteiger partial charge in [0, 0.05) is 16.2 Å². The topological polar surface area (TPSA) is 23.8 Å². The van der Waals surface area contributed by atoms with E-state index in [0.717, 1.165) is 10.1 Å². The Labute approximate surface area is 68.5 Å². The zero-order valence-corrected chi connectivity index (χ0v) is 6.48. The number of nitriles is 1. The summed E-state index contributed by atoms with van der Waals surface area (Å²) in [6, 6.07) is 10.7. The quantitative estimate of drug-likeness (QED) is 0.578. The molecule has 11 heavy (non-hydrogen) atoms. The summed E-state index contributed by atoms with van der Waals surface area (Å²) >= 11 is 1.65. The van der Waals surface area contributed by atoms with Gasteiger partial charge in [0.2, 0.25) is 0 Å². The van der Waals surface area contributed by atoms with Crippen molar-refractivity contribution in [3.8, 4) is 6.07 Å². The monoisotopic (exact) mass is 158 g/mol. The zero-order valence-electron chi connectivity index (χ0n) is 5.66. The molecule has 0 unspecified atom stereocenters. The van der Waals surface area contributed by atoms with Crippen LogP contribution in [0.4, 0.5) is 0 Å². The standard InChI is InChI=1S/C9H4NS/c10-6-7-2-1-3-9-8(7)4-5-11-9/h1,3-5H. The van der Waals surface area contributed by atoms with Gasteiger partial charge in [-0.15, -0.1) is 11.3 Å². The molecule has 0 saturated heterocycles. The molecule has 0 spiro atoms. The van der Waals surface area contributed by atoms with Crippen molar-refractivity contribution in [3.05, 3.63) is 35.2 Å². The van der Waals surface area contributed by atoms with Crippen LogP contribution in [0.3, 0.4) is 0 Å². The van der Waals surface area contributed by atoms with Crippen molar-refractivity contribution in [1.29, 1.82) is 5.26 Å². The van der Waals surface area contributed by atoms with E-state index in [1.807, 2.05) is 17.5 Å². The van der Waals surface area contributed by atoms with E-state index in [0.29, 0.717) is 5.56 Å². The Morgan fingerprint density at radius 1 is 1.45 bits per heavy atom. The van der Waals surface area contributed by atoms with Crippen LogP contribution >= 0.6 is 11.3 Å². The van der Waals surface area contributed by atoms with Crippen LogP contribution in [0.15, 0.2) is 23.6 Å². The first-order valence-electron chi connectivity index (χ1n) is 3.20. The molecule has 0 aliphatic rings.